The van der Waals surface area contributed by atoms with Crippen molar-refractivity contribution in [2.45, 2.75) is 0 Å². The average Bonchev–Trinajstić information content (AvgIpc) is 2.11. The molecule has 0 aliphatic carbocycles. The molecule has 0 amide bonds. The molecule has 0 aromatic rings. The summed E-state index contributed by atoms with van der Waals surface area (Å²) in [4.78, 5) is 52.2. The van der Waals surface area contributed by atoms with Crippen molar-refractivity contribution in [1.29, 1.82) is 0 Å². The summed E-state index contributed by atoms with van der Waals surface area (Å²) in [5.74, 6) is -1.89. The summed E-state index contributed by atoms with van der Waals surface area (Å²) in [6, 6.07) is 0. The van der Waals surface area contributed by atoms with Crippen molar-refractivity contribution in [3.8, 4) is 0 Å². The van der Waals surface area contributed by atoms with Gasteiger partial charge in [0.2, 0.25) is 0 Å². The molecule has 0 atom stereocenters. The van der Waals surface area contributed by atoms with Crippen LogP contribution in [0.15, 0.2) is 0 Å². The topological polar surface area (TPSA) is 185 Å². The van der Waals surface area contributed by atoms with Crippen LogP contribution in [0.4, 0.5) is 0 Å². The van der Waals surface area contributed by atoms with E-state index in [1.165, 1.54) is 0 Å². The molecule has 20 heavy (non-hydrogen) atoms. The molecule has 0 bridgehead atoms. The number of hydrogen-bond acceptors (Lipinski definition) is 10. The van der Waals surface area contributed by atoms with E-state index in [1.807, 2.05) is 0 Å². The Labute approximate surface area is 182 Å². The van der Waals surface area contributed by atoms with Gasteiger partial charge in [-0.15, -0.1) is 0 Å². The van der Waals surface area contributed by atoms with Gasteiger partial charge in [-0.05, 0) is 0 Å². The third-order valence-electron chi connectivity index (χ3n) is 0.893. The second-order valence-electron chi connectivity index (χ2n) is 2.47. The molecule has 0 saturated carbocycles. The molecule has 0 saturated heterocycles. The second-order valence-corrected chi connectivity index (χ2v) is 3.57. The Morgan fingerprint density at radius 1 is 1.10 bits per heavy atom. The van der Waals surface area contributed by atoms with Crippen LogP contribution in [0.2, 0.25) is 0 Å². The Kier molecular flexibility index (Phi) is 35.0. The number of ether oxygens (including phenoxy) is 1. The molecule has 0 heterocycles. The number of aliphatic carboxylic acids is 1. The van der Waals surface area contributed by atoms with Crippen LogP contribution in [-0.2, 0) is 14.3 Å². The zero-order valence-corrected chi connectivity index (χ0v) is 18.6. The van der Waals surface area contributed by atoms with Gasteiger partial charge in [0.25, 0.3) is 0 Å². The van der Waals surface area contributed by atoms with Gasteiger partial charge in [-0.1, -0.05) is 0 Å². The van der Waals surface area contributed by atoms with Crippen molar-refractivity contribution in [2.75, 3.05) is 26.3 Å². The number of aliphatic hydroxyl groups excluding tert-OH is 1. The minimum atomic E-state index is -5.11. The molecule has 14 heteroatoms. The van der Waals surface area contributed by atoms with Gasteiger partial charge >= 0.3 is 94.6 Å². The van der Waals surface area contributed by atoms with E-state index in [4.69, 9.17) is 24.3 Å². The van der Waals surface area contributed by atoms with E-state index in [9.17, 15) is 14.7 Å². The van der Waals surface area contributed by atoms with E-state index in [0.29, 0.717) is 0 Å². The number of carboxylic acid groups (broad SMARTS) is 1. The number of rotatable bonds is 6. The zero-order chi connectivity index (χ0) is 13.9. The molecule has 4 N–H and O–H groups in total. The standard InChI is InChI=1S/C6H11NO5.3Na.H2O4Si/c8-1-2-12-6(11)4-7-3-5(9)10;;;;1-5(2,3)4/h7-8H,1-4H2,(H,9,10);;;;1-2H/q;3*+1;-2/p-1. The van der Waals surface area contributed by atoms with Crippen LogP contribution in [0, 0.1) is 0 Å². The first-order valence-corrected chi connectivity index (χ1v) is 5.90. The molecule has 0 aromatic heterocycles. The van der Waals surface area contributed by atoms with Crippen molar-refractivity contribution < 1.29 is 132 Å². The molecule has 0 unspecified atom stereocenters. The second kappa shape index (κ2) is 20.9. The van der Waals surface area contributed by atoms with Crippen molar-refractivity contribution >= 4 is 21.0 Å². The summed E-state index contributed by atoms with van der Waals surface area (Å²) in [6.45, 7) is -0.916. The molecule has 0 radical (unpaired) electrons. The van der Waals surface area contributed by atoms with E-state index in [-0.39, 0.29) is 108 Å². The fourth-order valence-electron chi connectivity index (χ4n) is 0.477. The Bertz CT molecular complexity index is 234. The van der Waals surface area contributed by atoms with Crippen molar-refractivity contribution in [1.82, 2.24) is 5.32 Å². The number of nitrogens with one attached hydrogen (secondary N) is 1. The molecule has 0 aliphatic rings. The number of aliphatic hydroxyl groups is 1. The molecule has 10 nitrogen and oxygen atoms in total. The summed E-state index contributed by atoms with van der Waals surface area (Å²) in [7, 11) is -5.11. The maximum atomic E-state index is 10.6. The van der Waals surface area contributed by atoms with Crippen LogP contribution >= 0.6 is 0 Å². The van der Waals surface area contributed by atoms with E-state index in [0.717, 1.165) is 0 Å². The number of carboxylic acids is 1. The maximum absolute atomic E-state index is 10.6. The smallest absolute Gasteiger partial charge is 0.828 e. The molecular weight excluding hydrogens is 327 g/mol. The van der Waals surface area contributed by atoms with Gasteiger partial charge in [0, 0.05) is 6.54 Å². The first-order chi connectivity index (χ1) is 7.66. The van der Waals surface area contributed by atoms with Crippen LogP contribution in [-0.4, -0.2) is 62.0 Å². The molecular formula is C6H12NNa3O9Si. The summed E-state index contributed by atoms with van der Waals surface area (Å²) in [6.07, 6.45) is 0. The van der Waals surface area contributed by atoms with E-state index < -0.39 is 27.5 Å². The normalized spacial score (nSPS) is 8.65. The predicted molar refractivity (Wildman–Crippen MR) is 46.1 cm³/mol. The summed E-state index contributed by atoms with van der Waals surface area (Å²) in [5.41, 5.74) is 0. The minimum Gasteiger partial charge on any atom is -0.828 e. The van der Waals surface area contributed by atoms with Gasteiger partial charge < -0.3 is 44.2 Å². The van der Waals surface area contributed by atoms with Gasteiger partial charge in [0.15, 0.2) is 0 Å². The molecule has 0 fully saturated rings. The largest absolute Gasteiger partial charge is 1.00 e. The van der Waals surface area contributed by atoms with Crippen molar-refractivity contribution in [3.05, 3.63) is 0 Å². The number of esters is 1. The molecule has 0 rings (SSSR count). The van der Waals surface area contributed by atoms with Crippen LogP contribution in [0.3, 0.4) is 0 Å². The van der Waals surface area contributed by atoms with Crippen LogP contribution in [0.5, 0.6) is 0 Å². The van der Waals surface area contributed by atoms with Gasteiger partial charge in [-0.2, -0.15) is 0 Å². The Morgan fingerprint density at radius 2 is 1.50 bits per heavy atom. The Morgan fingerprint density at radius 3 is 1.80 bits per heavy atom. The van der Waals surface area contributed by atoms with E-state index >= 15 is 0 Å². The monoisotopic (exact) mass is 339 g/mol. The van der Waals surface area contributed by atoms with Crippen LogP contribution in [0.25, 0.3) is 0 Å². The maximum Gasteiger partial charge on any atom is 1.00 e. The molecule has 0 spiro atoms. The predicted octanol–water partition coefficient (Wildman–Crippen LogP) is -16.0. The van der Waals surface area contributed by atoms with Gasteiger partial charge in [0.05, 0.1) is 19.1 Å². The van der Waals surface area contributed by atoms with Crippen LogP contribution < -0.4 is 109 Å². The van der Waals surface area contributed by atoms with Crippen molar-refractivity contribution in [3.63, 3.8) is 0 Å². The average molecular weight is 339 g/mol. The van der Waals surface area contributed by atoms with Gasteiger partial charge in [-0.3, -0.25) is 4.79 Å². The third-order valence-corrected chi connectivity index (χ3v) is 0.893. The van der Waals surface area contributed by atoms with E-state index in [1.54, 1.807) is 0 Å². The Balaban J connectivity index is -0.0000000821. The summed E-state index contributed by atoms with van der Waals surface area (Å²) in [5, 5.41) is 20.3. The SMILES string of the molecule is O=C([O-])CNCC(=O)OCCO.[Na+].[Na+].[Na+].[O-][Si]([O-])(O)O. The Hall–Kier alpha value is 1.92. The van der Waals surface area contributed by atoms with Gasteiger partial charge in [-0.25, -0.2) is 0 Å². The minimum absolute atomic E-state index is 0. The van der Waals surface area contributed by atoms with Gasteiger partial charge in [0.1, 0.15) is 15.7 Å². The first kappa shape index (κ1) is 33.5. The fourth-order valence-corrected chi connectivity index (χ4v) is 0.477. The number of hydrogen-bond donors (Lipinski definition) is 4. The number of carbonyl (C=O) groups is 2. The fraction of sp³-hybridized carbons (Fsp3) is 0.667. The van der Waals surface area contributed by atoms with Crippen LogP contribution in [0.1, 0.15) is 0 Å². The zero-order valence-electron chi connectivity index (χ0n) is 11.6. The number of carbonyl (C=O) groups excluding carboxylic acids is 2. The quantitative estimate of drug-likeness (QED) is 0.267. The molecule has 102 valence electrons. The summed E-state index contributed by atoms with van der Waals surface area (Å²) >= 11 is 0. The summed E-state index contributed by atoms with van der Waals surface area (Å²) < 4.78 is 4.41. The third kappa shape index (κ3) is 50.2. The molecule has 0 aliphatic heterocycles. The first-order valence-electron chi connectivity index (χ1n) is 4.19. The van der Waals surface area contributed by atoms with Crippen molar-refractivity contribution in [2.24, 2.45) is 0 Å². The van der Waals surface area contributed by atoms with E-state index in [2.05, 4.69) is 10.1 Å². The molecule has 0 aromatic carbocycles.